The van der Waals surface area contributed by atoms with E-state index in [1.807, 2.05) is 4.68 Å². The summed E-state index contributed by atoms with van der Waals surface area (Å²) in [5, 5.41) is 5.02. The van der Waals surface area contributed by atoms with Gasteiger partial charge in [-0.05, 0) is 19.3 Å². The lowest BCUT2D eigenvalue weighted by molar-refractivity contribution is 0.0763. The summed E-state index contributed by atoms with van der Waals surface area (Å²) >= 11 is 6.30. The minimum Gasteiger partial charge on any atom is -0.378 e. The average molecular weight is 287 g/mol. The average Bonchev–Trinajstić information content (AvgIpc) is 3.01. The molecule has 5 nitrogen and oxygen atoms in total. The summed E-state index contributed by atoms with van der Waals surface area (Å²) in [5.74, 6) is 6.14. The summed E-state index contributed by atoms with van der Waals surface area (Å²) in [7, 11) is 0. The Hall–Kier alpha value is -0.620. The van der Waals surface area contributed by atoms with Gasteiger partial charge < -0.3 is 4.74 Å². The fourth-order valence-electron chi connectivity index (χ4n) is 2.94. The van der Waals surface area contributed by atoms with Gasteiger partial charge in [0.1, 0.15) is 0 Å². The second-order valence-corrected chi connectivity index (χ2v) is 5.42. The molecule has 0 aromatic carbocycles. The molecule has 1 fully saturated rings. The van der Waals surface area contributed by atoms with Crippen molar-refractivity contribution in [3.05, 3.63) is 16.9 Å². The summed E-state index contributed by atoms with van der Waals surface area (Å²) in [6, 6.07) is -0.00556. The fourth-order valence-corrected chi connectivity index (χ4v) is 3.20. The van der Waals surface area contributed by atoms with Crippen LogP contribution in [0, 0.1) is 5.92 Å². The molecule has 108 valence electrons. The number of aryl methyl sites for hydroxylation is 1. The molecule has 1 aliphatic heterocycles. The van der Waals surface area contributed by atoms with Gasteiger partial charge in [0.05, 0.1) is 29.1 Å². The Morgan fingerprint density at radius 2 is 2.42 bits per heavy atom. The molecule has 19 heavy (non-hydrogen) atoms. The predicted octanol–water partition coefficient (Wildman–Crippen LogP) is 2.27. The third kappa shape index (κ3) is 2.94. The van der Waals surface area contributed by atoms with Crippen LogP contribution in [0.1, 0.15) is 44.8 Å². The maximum absolute atomic E-state index is 6.30. The summed E-state index contributed by atoms with van der Waals surface area (Å²) in [6.07, 6.45) is 4.94. The molecule has 0 aliphatic carbocycles. The first-order valence-corrected chi connectivity index (χ1v) is 7.39. The summed E-state index contributed by atoms with van der Waals surface area (Å²) in [5.41, 5.74) is 3.91. The molecule has 3 unspecified atom stereocenters. The molecule has 3 N–H and O–H groups in total. The van der Waals surface area contributed by atoms with Crippen LogP contribution in [0.15, 0.2) is 6.20 Å². The molecule has 2 rings (SSSR count). The zero-order valence-corrected chi connectivity index (χ0v) is 12.4. The Balaban J connectivity index is 2.28. The van der Waals surface area contributed by atoms with E-state index < -0.39 is 0 Å². The Bertz CT molecular complexity index is 409. The molecule has 0 saturated carbocycles. The first kappa shape index (κ1) is 14.8. The highest BCUT2D eigenvalue weighted by Crippen LogP contribution is 2.37. The van der Waals surface area contributed by atoms with Gasteiger partial charge >= 0.3 is 0 Å². The lowest BCUT2D eigenvalue weighted by atomic mass is 9.89. The number of nitrogens with zero attached hydrogens (tertiary/aromatic N) is 2. The van der Waals surface area contributed by atoms with Crippen molar-refractivity contribution < 1.29 is 4.74 Å². The number of nitrogens with one attached hydrogen (secondary N) is 1. The maximum Gasteiger partial charge on any atom is 0.0834 e. The summed E-state index contributed by atoms with van der Waals surface area (Å²) < 4.78 is 7.72. The molecule has 1 aromatic rings. The van der Waals surface area contributed by atoms with E-state index in [1.54, 1.807) is 6.20 Å². The Morgan fingerprint density at radius 3 is 3.05 bits per heavy atom. The highest BCUT2D eigenvalue weighted by atomic mass is 35.5. The van der Waals surface area contributed by atoms with Crippen molar-refractivity contribution in [3.63, 3.8) is 0 Å². The van der Waals surface area contributed by atoms with Crippen LogP contribution in [-0.2, 0) is 11.3 Å². The van der Waals surface area contributed by atoms with Crippen LogP contribution in [0.2, 0.25) is 5.02 Å². The highest BCUT2D eigenvalue weighted by Gasteiger charge is 2.36. The van der Waals surface area contributed by atoms with Crippen LogP contribution in [0.5, 0.6) is 0 Å². The normalized spacial score (nSPS) is 24.8. The van der Waals surface area contributed by atoms with E-state index in [1.165, 1.54) is 0 Å². The SMILES string of the molecule is CCCn1ncc(Cl)c1C(NN)C1CCOC1CC. The zero-order valence-electron chi connectivity index (χ0n) is 11.6. The second-order valence-electron chi connectivity index (χ2n) is 5.02. The van der Waals surface area contributed by atoms with E-state index in [-0.39, 0.29) is 12.1 Å². The molecule has 3 atom stereocenters. The molecule has 0 bridgehead atoms. The van der Waals surface area contributed by atoms with E-state index in [4.69, 9.17) is 22.2 Å². The number of hydrazine groups is 1. The van der Waals surface area contributed by atoms with Gasteiger partial charge in [0.25, 0.3) is 0 Å². The highest BCUT2D eigenvalue weighted by molar-refractivity contribution is 6.31. The molecule has 0 amide bonds. The Labute approximate surface area is 119 Å². The standard InChI is InChI=1S/C13H23ClN4O/c1-3-6-18-13(10(14)8-16-18)12(17-15)9-5-7-19-11(9)4-2/h8-9,11-12,17H,3-7,15H2,1-2H3. The van der Waals surface area contributed by atoms with E-state index in [9.17, 15) is 0 Å². The van der Waals surface area contributed by atoms with Crippen LogP contribution >= 0.6 is 11.6 Å². The summed E-state index contributed by atoms with van der Waals surface area (Å²) in [6.45, 7) is 5.91. The number of ether oxygens (including phenoxy) is 1. The van der Waals surface area contributed by atoms with Crippen molar-refractivity contribution >= 4 is 11.6 Å². The smallest absolute Gasteiger partial charge is 0.0834 e. The van der Waals surface area contributed by atoms with E-state index in [2.05, 4.69) is 24.4 Å². The van der Waals surface area contributed by atoms with Crippen molar-refractivity contribution in [1.82, 2.24) is 15.2 Å². The molecule has 6 heteroatoms. The van der Waals surface area contributed by atoms with Crippen molar-refractivity contribution in [2.24, 2.45) is 11.8 Å². The van der Waals surface area contributed by atoms with Crippen LogP contribution in [-0.4, -0.2) is 22.5 Å². The van der Waals surface area contributed by atoms with Crippen LogP contribution in [0.4, 0.5) is 0 Å². The van der Waals surface area contributed by atoms with Crippen molar-refractivity contribution in [1.29, 1.82) is 0 Å². The van der Waals surface area contributed by atoms with Crippen molar-refractivity contribution in [3.8, 4) is 0 Å². The van der Waals surface area contributed by atoms with Crippen LogP contribution < -0.4 is 11.3 Å². The molecule has 2 heterocycles. The molecule has 1 saturated heterocycles. The van der Waals surface area contributed by atoms with Crippen LogP contribution in [0.25, 0.3) is 0 Å². The van der Waals surface area contributed by atoms with E-state index in [0.717, 1.165) is 38.1 Å². The van der Waals surface area contributed by atoms with Gasteiger partial charge in [0.2, 0.25) is 0 Å². The largest absolute Gasteiger partial charge is 0.378 e. The molecule has 1 aromatic heterocycles. The molecular formula is C13H23ClN4O. The number of halogens is 1. The molecule has 0 spiro atoms. The first-order valence-electron chi connectivity index (χ1n) is 7.01. The van der Waals surface area contributed by atoms with E-state index >= 15 is 0 Å². The number of aromatic nitrogens is 2. The lowest BCUT2D eigenvalue weighted by Gasteiger charge is -2.27. The van der Waals surface area contributed by atoms with Gasteiger partial charge in [-0.3, -0.25) is 16.0 Å². The van der Waals surface area contributed by atoms with E-state index in [0.29, 0.717) is 10.9 Å². The fraction of sp³-hybridized carbons (Fsp3) is 0.769. The third-order valence-electron chi connectivity index (χ3n) is 3.83. The second kappa shape index (κ2) is 6.70. The predicted molar refractivity (Wildman–Crippen MR) is 75.7 cm³/mol. The maximum atomic E-state index is 6.30. The quantitative estimate of drug-likeness (QED) is 0.622. The molecular weight excluding hydrogens is 264 g/mol. The van der Waals surface area contributed by atoms with Gasteiger partial charge in [0, 0.05) is 19.1 Å². The molecule has 1 aliphatic rings. The summed E-state index contributed by atoms with van der Waals surface area (Å²) in [4.78, 5) is 0. The van der Waals surface area contributed by atoms with Gasteiger partial charge in [-0.1, -0.05) is 25.4 Å². The third-order valence-corrected chi connectivity index (χ3v) is 4.13. The number of nitrogens with two attached hydrogens (primary N) is 1. The van der Waals surface area contributed by atoms with Crippen molar-refractivity contribution in [2.75, 3.05) is 6.61 Å². The topological polar surface area (TPSA) is 65.1 Å². The van der Waals surface area contributed by atoms with Gasteiger partial charge in [-0.15, -0.1) is 0 Å². The van der Waals surface area contributed by atoms with Gasteiger partial charge in [0.15, 0.2) is 0 Å². The molecule has 0 radical (unpaired) electrons. The monoisotopic (exact) mass is 286 g/mol. The Kier molecular flexibility index (Phi) is 5.21. The van der Waals surface area contributed by atoms with Gasteiger partial charge in [-0.25, -0.2) is 0 Å². The first-order chi connectivity index (χ1) is 9.22. The minimum absolute atomic E-state index is 0.00556. The zero-order chi connectivity index (χ0) is 13.8. The number of hydrogen-bond donors (Lipinski definition) is 2. The van der Waals surface area contributed by atoms with Gasteiger partial charge in [-0.2, -0.15) is 5.10 Å². The minimum atomic E-state index is -0.00556. The van der Waals surface area contributed by atoms with Crippen molar-refractivity contribution in [2.45, 2.75) is 51.8 Å². The lowest BCUT2D eigenvalue weighted by Crippen LogP contribution is -2.38. The Morgan fingerprint density at radius 1 is 1.63 bits per heavy atom. The number of hydrogen-bond acceptors (Lipinski definition) is 4. The van der Waals surface area contributed by atoms with Crippen LogP contribution in [0.3, 0.4) is 0 Å². The number of rotatable bonds is 6.